The lowest BCUT2D eigenvalue weighted by Crippen LogP contribution is -2.63. The second-order valence-corrected chi connectivity index (χ2v) is 14.0. The molecule has 2 heterocycles. The summed E-state index contributed by atoms with van der Waals surface area (Å²) >= 11 is 0. The second kappa shape index (κ2) is 20.7. The molecule has 13 nitrogen and oxygen atoms in total. The molecule has 0 amide bonds. The van der Waals surface area contributed by atoms with E-state index in [0.29, 0.717) is 0 Å². The van der Waals surface area contributed by atoms with Crippen molar-refractivity contribution in [3.05, 3.63) is 179 Å². The molecule has 310 valence electrons. The number of ether oxygens (including phenoxy) is 9. The molecule has 0 saturated carbocycles. The molecular weight excluding hydrogens is 773 g/mol. The Hall–Kier alpha value is -6.22. The number of hydrogen-bond acceptors (Lipinski definition) is 13. The van der Waals surface area contributed by atoms with E-state index in [1.807, 2.05) is 60.7 Å². The minimum Gasteiger partial charge on any atom is -0.467 e. The molecule has 0 N–H and O–H groups in total. The molecule has 0 radical (unpaired) electrons. The van der Waals surface area contributed by atoms with Crippen LogP contribution in [0.5, 0.6) is 0 Å². The summed E-state index contributed by atoms with van der Waals surface area (Å²) in [7, 11) is 1.16. The molecule has 0 aromatic heterocycles. The van der Waals surface area contributed by atoms with Crippen LogP contribution in [-0.4, -0.2) is 93.2 Å². The molecule has 2 saturated heterocycles. The smallest absolute Gasteiger partial charge is 0.339 e. The van der Waals surface area contributed by atoms with Gasteiger partial charge in [0.2, 0.25) is 0 Å². The summed E-state index contributed by atoms with van der Waals surface area (Å²) in [5.74, 6) is -3.15. The van der Waals surface area contributed by atoms with Crippen molar-refractivity contribution in [2.24, 2.45) is 0 Å². The number of carbonyl (C=O) groups is 4. The van der Waals surface area contributed by atoms with Gasteiger partial charge in [0.1, 0.15) is 18.3 Å². The van der Waals surface area contributed by atoms with Crippen molar-refractivity contribution in [2.75, 3.05) is 20.3 Å². The zero-order valence-corrected chi connectivity index (χ0v) is 32.7. The Morgan fingerprint density at radius 2 is 0.917 bits per heavy atom. The van der Waals surface area contributed by atoms with Crippen molar-refractivity contribution in [1.82, 2.24) is 0 Å². The van der Waals surface area contributed by atoms with Crippen LogP contribution in [0.25, 0.3) is 0 Å². The van der Waals surface area contributed by atoms with Crippen LogP contribution in [0.1, 0.15) is 42.2 Å². The summed E-state index contributed by atoms with van der Waals surface area (Å²) < 4.78 is 55.3. The van der Waals surface area contributed by atoms with Gasteiger partial charge < -0.3 is 42.6 Å². The third-order valence-corrected chi connectivity index (χ3v) is 9.90. The van der Waals surface area contributed by atoms with Crippen molar-refractivity contribution in [2.45, 2.75) is 62.2 Å². The highest BCUT2D eigenvalue weighted by molar-refractivity contribution is 5.91. The van der Waals surface area contributed by atoms with Crippen molar-refractivity contribution >= 4 is 23.9 Å². The van der Waals surface area contributed by atoms with Gasteiger partial charge in [-0.3, -0.25) is 0 Å². The van der Waals surface area contributed by atoms with E-state index in [9.17, 15) is 19.2 Å². The number of methoxy groups -OCH3 is 1. The largest absolute Gasteiger partial charge is 0.467 e. The first-order chi connectivity index (χ1) is 29.4. The predicted molar refractivity (Wildman–Crippen MR) is 213 cm³/mol. The molecule has 0 bridgehead atoms. The molecule has 8 atom stereocenters. The Balaban J connectivity index is 1.26. The first-order valence-corrected chi connectivity index (χ1v) is 19.4. The first kappa shape index (κ1) is 41.9. The van der Waals surface area contributed by atoms with Gasteiger partial charge in [-0.05, 0) is 47.5 Å². The number of esters is 4. The third kappa shape index (κ3) is 10.7. The molecule has 5 aromatic carbocycles. The van der Waals surface area contributed by atoms with Gasteiger partial charge in [-0.15, -0.1) is 0 Å². The van der Waals surface area contributed by atoms with Crippen LogP contribution >= 0.6 is 0 Å². The standard InChI is InChI=1S/C47H44O13/c1-52-46(51)41-40(58-44(49)34-23-13-5-14-24-34)39(37(30-55-41)57-43(48)33-21-11-4-12-22-33)60-47-42(59-45(50)35-25-15-6-16-26-35)38(54-28-32-19-9-3-10-20-32)36(29-56-47)53-27-31-17-7-2-8-18-31/h2-26,36-42,47H,27-30H2,1H3/t36-,37-,38?,39?,40+,41?,42?,47-/m1/s1. The lowest BCUT2D eigenvalue weighted by molar-refractivity contribution is -0.321. The van der Waals surface area contributed by atoms with Gasteiger partial charge in [-0.25, -0.2) is 19.2 Å². The van der Waals surface area contributed by atoms with E-state index in [0.717, 1.165) is 18.2 Å². The van der Waals surface area contributed by atoms with Gasteiger partial charge in [0.05, 0.1) is 50.2 Å². The minimum absolute atomic E-state index is 0.0964. The maximum Gasteiger partial charge on any atom is 0.339 e. The molecule has 7 rings (SSSR count). The van der Waals surface area contributed by atoms with E-state index in [2.05, 4.69) is 0 Å². The van der Waals surface area contributed by atoms with Crippen LogP contribution in [0.3, 0.4) is 0 Å². The highest BCUT2D eigenvalue weighted by atomic mass is 16.7. The van der Waals surface area contributed by atoms with Crippen LogP contribution in [0.4, 0.5) is 0 Å². The summed E-state index contributed by atoms with van der Waals surface area (Å²) in [4.78, 5) is 54.5. The van der Waals surface area contributed by atoms with Gasteiger partial charge in [0, 0.05) is 0 Å². The van der Waals surface area contributed by atoms with Gasteiger partial charge in [0.25, 0.3) is 0 Å². The Labute approximate surface area is 347 Å². The Morgan fingerprint density at radius 3 is 1.42 bits per heavy atom. The van der Waals surface area contributed by atoms with Gasteiger partial charge in [-0.1, -0.05) is 115 Å². The quantitative estimate of drug-likeness (QED) is 0.0879. The monoisotopic (exact) mass is 816 g/mol. The highest BCUT2D eigenvalue weighted by Gasteiger charge is 2.54. The Morgan fingerprint density at radius 1 is 0.483 bits per heavy atom. The van der Waals surface area contributed by atoms with E-state index >= 15 is 0 Å². The highest BCUT2D eigenvalue weighted by Crippen LogP contribution is 2.33. The molecule has 4 unspecified atom stereocenters. The van der Waals surface area contributed by atoms with Crippen LogP contribution in [-0.2, 0) is 60.6 Å². The van der Waals surface area contributed by atoms with Crippen LogP contribution in [0.15, 0.2) is 152 Å². The zero-order valence-electron chi connectivity index (χ0n) is 32.7. The van der Waals surface area contributed by atoms with Gasteiger partial charge in [-0.2, -0.15) is 0 Å². The molecule has 0 spiro atoms. The number of carbonyl (C=O) groups excluding carboxylic acids is 4. The lowest BCUT2D eigenvalue weighted by atomic mass is 9.98. The van der Waals surface area contributed by atoms with Crippen LogP contribution in [0, 0.1) is 0 Å². The SMILES string of the molecule is COC(=O)C1OC[C@@H](OC(=O)c2ccccc2)C(O[C@H]2OC[C@@H](OCc3ccccc3)C(OCc3ccccc3)C2OC(=O)c2ccccc2)[C@@H]1OC(=O)c1ccccc1. The average molecular weight is 817 g/mol. The number of benzene rings is 5. The topological polar surface area (TPSA) is 151 Å². The Bertz CT molecular complexity index is 2140. The zero-order chi connectivity index (χ0) is 41.7. The Kier molecular flexibility index (Phi) is 14.4. The van der Waals surface area contributed by atoms with E-state index < -0.39 is 72.9 Å². The third-order valence-electron chi connectivity index (χ3n) is 9.90. The van der Waals surface area contributed by atoms with Crippen molar-refractivity contribution in [3.8, 4) is 0 Å². The molecule has 60 heavy (non-hydrogen) atoms. The van der Waals surface area contributed by atoms with E-state index in [4.69, 9.17) is 42.6 Å². The minimum atomic E-state index is -1.57. The summed E-state index contributed by atoms with van der Waals surface area (Å²) in [6, 6.07) is 43.6. The van der Waals surface area contributed by atoms with E-state index in [1.54, 1.807) is 78.9 Å². The van der Waals surface area contributed by atoms with Crippen LogP contribution < -0.4 is 0 Å². The second-order valence-electron chi connectivity index (χ2n) is 14.0. The fourth-order valence-corrected chi connectivity index (χ4v) is 6.83. The maximum atomic E-state index is 13.9. The summed E-state index contributed by atoms with van der Waals surface area (Å²) in [6.45, 7) is -0.205. The summed E-state index contributed by atoms with van der Waals surface area (Å²) in [6.07, 6.45) is -10.5. The molecule has 2 aliphatic rings. The fraction of sp³-hybridized carbons (Fsp3) is 0.277. The first-order valence-electron chi connectivity index (χ1n) is 19.4. The molecule has 2 fully saturated rings. The molecular formula is C47H44O13. The predicted octanol–water partition coefficient (Wildman–Crippen LogP) is 6.15. The van der Waals surface area contributed by atoms with Crippen molar-refractivity contribution in [3.63, 3.8) is 0 Å². The normalized spacial score (nSPS) is 23.8. The van der Waals surface area contributed by atoms with Crippen molar-refractivity contribution in [1.29, 1.82) is 0 Å². The molecule has 0 aliphatic carbocycles. The van der Waals surface area contributed by atoms with Gasteiger partial charge >= 0.3 is 23.9 Å². The fourth-order valence-electron chi connectivity index (χ4n) is 6.83. The number of rotatable bonds is 15. The van der Waals surface area contributed by atoms with Crippen molar-refractivity contribution < 1.29 is 61.8 Å². The van der Waals surface area contributed by atoms with E-state index in [1.165, 1.54) is 12.1 Å². The molecule has 5 aromatic rings. The maximum absolute atomic E-state index is 13.9. The number of hydrogen-bond donors (Lipinski definition) is 0. The summed E-state index contributed by atoms with van der Waals surface area (Å²) in [5.41, 5.74) is 2.35. The van der Waals surface area contributed by atoms with Gasteiger partial charge in [0.15, 0.2) is 30.7 Å². The van der Waals surface area contributed by atoms with Crippen LogP contribution in [0.2, 0.25) is 0 Å². The summed E-state index contributed by atoms with van der Waals surface area (Å²) in [5, 5.41) is 0. The van der Waals surface area contributed by atoms with E-state index in [-0.39, 0.29) is 43.1 Å². The molecule has 13 heteroatoms. The average Bonchev–Trinajstić information content (AvgIpc) is 3.30. The lowest BCUT2D eigenvalue weighted by Gasteiger charge is -2.45. The molecule has 2 aliphatic heterocycles.